The van der Waals surface area contributed by atoms with Crippen LogP contribution < -0.4 is 10.2 Å². The van der Waals surface area contributed by atoms with Crippen molar-refractivity contribution >= 4 is 5.82 Å². The summed E-state index contributed by atoms with van der Waals surface area (Å²) in [7, 11) is 0. The molecule has 4 heteroatoms. The molecule has 0 unspecified atom stereocenters. The van der Waals surface area contributed by atoms with Crippen molar-refractivity contribution in [3.8, 4) is 0 Å². The molecule has 1 N–H and O–H groups in total. The van der Waals surface area contributed by atoms with Crippen LogP contribution in [0.25, 0.3) is 0 Å². The molecule has 1 aromatic heterocycles. The third kappa shape index (κ3) is 3.92. The van der Waals surface area contributed by atoms with Gasteiger partial charge in [-0.05, 0) is 31.4 Å². The van der Waals surface area contributed by atoms with E-state index in [1.807, 2.05) is 0 Å². The molecule has 1 aromatic rings. The Hall–Kier alpha value is -1.16. The average Bonchev–Trinajstić information content (AvgIpc) is 2.47. The molecule has 0 aromatic carbocycles. The maximum atomic E-state index is 13.4. The SMILES string of the molecule is CCCC1CCN(c2ncc(F)cc2CNCC)CC1. The van der Waals surface area contributed by atoms with Gasteiger partial charge in [0.05, 0.1) is 6.20 Å². The van der Waals surface area contributed by atoms with Gasteiger partial charge in [-0.15, -0.1) is 0 Å². The van der Waals surface area contributed by atoms with Crippen LogP contribution in [0.15, 0.2) is 12.3 Å². The lowest BCUT2D eigenvalue weighted by Gasteiger charge is -2.33. The quantitative estimate of drug-likeness (QED) is 0.865. The maximum Gasteiger partial charge on any atom is 0.141 e. The van der Waals surface area contributed by atoms with Crippen LogP contribution in [0.5, 0.6) is 0 Å². The van der Waals surface area contributed by atoms with E-state index in [1.54, 1.807) is 6.07 Å². The fraction of sp³-hybridized carbons (Fsp3) is 0.688. The second kappa shape index (κ2) is 7.58. The van der Waals surface area contributed by atoms with Crippen molar-refractivity contribution in [1.82, 2.24) is 10.3 Å². The van der Waals surface area contributed by atoms with E-state index in [1.165, 1.54) is 31.9 Å². The van der Waals surface area contributed by atoms with Gasteiger partial charge in [0, 0.05) is 25.2 Å². The van der Waals surface area contributed by atoms with Gasteiger partial charge in [-0.3, -0.25) is 0 Å². The molecule has 0 atom stereocenters. The second-order valence-electron chi connectivity index (χ2n) is 5.64. The standard InChI is InChI=1S/C16H26FN3/c1-3-5-13-6-8-20(9-7-13)16-14(11-18-4-2)10-15(17)12-19-16/h10,12-13,18H,3-9,11H2,1-2H3. The molecule has 0 spiro atoms. The predicted octanol–water partition coefficient (Wildman–Crippen LogP) is 3.35. The Kier molecular flexibility index (Phi) is 5.77. The first-order valence-corrected chi connectivity index (χ1v) is 7.84. The van der Waals surface area contributed by atoms with Crippen molar-refractivity contribution in [3.05, 3.63) is 23.6 Å². The maximum absolute atomic E-state index is 13.4. The molecule has 0 bridgehead atoms. The molecule has 1 aliphatic heterocycles. The van der Waals surface area contributed by atoms with E-state index in [0.717, 1.165) is 36.9 Å². The zero-order valence-corrected chi connectivity index (χ0v) is 12.7. The normalized spacial score (nSPS) is 16.6. The number of halogens is 1. The van der Waals surface area contributed by atoms with E-state index < -0.39 is 0 Å². The monoisotopic (exact) mass is 279 g/mol. The van der Waals surface area contributed by atoms with Crippen LogP contribution in [0.3, 0.4) is 0 Å². The summed E-state index contributed by atoms with van der Waals surface area (Å²) in [5, 5.41) is 3.27. The van der Waals surface area contributed by atoms with Gasteiger partial charge < -0.3 is 10.2 Å². The minimum absolute atomic E-state index is 0.248. The van der Waals surface area contributed by atoms with E-state index in [0.29, 0.717) is 6.54 Å². The third-order valence-corrected chi connectivity index (χ3v) is 4.09. The smallest absolute Gasteiger partial charge is 0.141 e. The van der Waals surface area contributed by atoms with Crippen molar-refractivity contribution in [1.29, 1.82) is 0 Å². The highest BCUT2D eigenvalue weighted by molar-refractivity contribution is 5.47. The first-order valence-electron chi connectivity index (χ1n) is 7.84. The van der Waals surface area contributed by atoms with E-state index in [9.17, 15) is 4.39 Å². The summed E-state index contributed by atoms with van der Waals surface area (Å²) in [4.78, 5) is 6.65. The van der Waals surface area contributed by atoms with Gasteiger partial charge in [-0.2, -0.15) is 0 Å². The van der Waals surface area contributed by atoms with Crippen molar-refractivity contribution in [2.75, 3.05) is 24.5 Å². The number of anilines is 1. The second-order valence-corrected chi connectivity index (χ2v) is 5.64. The summed E-state index contributed by atoms with van der Waals surface area (Å²) in [6, 6.07) is 1.61. The summed E-state index contributed by atoms with van der Waals surface area (Å²) in [6.07, 6.45) is 6.39. The van der Waals surface area contributed by atoms with Crippen LogP contribution >= 0.6 is 0 Å². The fourth-order valence-electron chi connectivity index (χ4n) is 2.99. The lowest BCUT2D eigenvalue weighted by molar-refractivity contribution is 0.376. The Balaban J connectivity index is 2.04. The Morgan fingerprint density at radius 1 is 1.35 bits per heavy atom. The van der Waals surface area contributed by atoms with Crippen LogP contribution in [0.2, 0.25) is 0 Å². The molecule has 1 fully saturated rings. The number of nitrogens with zero attached hydrogens (tertiary/aromatic N) is 2. The molecule has 0 amide bonds. The molecule has 0 radical (unpaired) electrons. The minimum Gasteiger partial charge on any atom is -0.356 e. The van der Waals surface area contributed by atoms with Crippen molar-refractivity contribution in [2.24, 2.45) is 5.92 Å². The number of pyridine rings is 1. The molecule has 0 aliphatic carbocycles. The predicted molar refractivity (Wildman–Crippen MR) is 81.4 cm³/mol. The Bertz CT molecular complexity index is 414. The molecule has 2 rings (SSSR count). The van der Waals surface area contributed by atoms with Gasteiger partial charge >= 0.3 is 0 Å². The van der Waals surface area contributed by atoms with Crippen LogP contribution in [-0.2, 0) is 6.54 Å². The summed E-state index contributed by atoms with van der Waals surface area (Å²) >= 11 is 0. The molecule has 112 valence electrons. The largest absolute Gasteiger partial charge is 0.356 e. The molecule has 2 heterocycles. The molecular formula is C16H26FN3. The molecule has 20 heavy (non-hydrogen) atoms. The van der Waals surface area contributed by atoms with Crippen molar-refractivity contribution in [2.45, 2.75) is 46.1 Å². The zero-order valence-electron chi connectivity index (χ0n) is 12.7. The molecule has 3 nitrogen and oxygen atoms in total. The summed E-state index contributed by atoms with van der Waals surface area (Å²) in [5.74, 6) is 1.57. The van der Waals surface area contributed by atoms with Gasteiger partial charge in [-0.1, -0.05) is 26.7 Å². The third-order valence-electron chi connectivity index (χ3n) is 4.09. The van der Waals surface area contributed by atoms with Crippen LogP contribution in [-0.4, -0.2) is 24.6 Å². The fourth-order valence-corrected chi connectivity index (χ4v) is 2.99. The van der Waals surface area contributed by atoms with Gasteiger partial charge in [0.2, 0.25) is 0 Å². The van der Waals surface area contributed by atoms with Gasteiger partial charge in [-0.25, -0.2) is 9.37 Å². The molecule has 0 saturated carbocycles. The average molecular weight is 279 g/mol. The number of hydrogen-bond acceptors (Lipinski definition) is 3. The lowest BCUT2D eigenvalue weighted by atomic mass is 9.92. The summed E-state index contributed by atoms with van der Waals surface area (Å²) in [5.41, 5.74) is 0.973. The number of hydrogen-bond donors (Lipinski definition) is 1. The first-order chi connectivity index (χ1) is 9.74. The number of nitrogens with one attached hydrogen (secondary N) is 1. The van der Waals surface area contributed by atoms with E-state index in [2.05, 4.69) is 29.0 Å². The van der Waals surface area contributed by atoms with Crippen LogP contribution in [0.1, 0.15) is 45.1 Å². The molecular weight excluding hydrogens is 253 g/mol. The number of piperidine rings is 1. The Labute approximate surface area is 121 Å². The van der Waals surface area contributed by atoms with Crippen molar-refractivity contribution in [3.63, 3.8) is 0 Å². The zero-order chi connectivity index (χ0) is 14.4. The summed E-state index contributed by atoms with van der Waals surface area (Å²) in [6.45, 7) is 7.97. The lowest BCUT2D eigenvalue weighted by Crippen LogP contribution is -2.35. The topological polar surface area (TPSA) is 28.2 Å². The van der Waals surface area contributed by atoms with Crippen LogP contribution in [0, 0.1) is 11.7 Å². The highest BCUT2D eigenvalue weighted by atomic mass is 19.1. The molecule has 1 aliphatic rings. The van der Waals surface area contributed by atoms with Gasteiger partial charge in [0.15, 0.2) is 0 Å². The Morgan fingerprint density at radius 2 is 2.10 bits per heavy atom. The Morgan fingerprint density at radius 3 is 2.75 bits per heavy atom. The van der Waals surface area contributed by atoms with Gasteiger partial charge in [0.1, 0.15) is 11.6 Å². The number of aromatic nitrogens is 1. The minimum atomic E-state index is -0.248. The number of rotatable bonds is 6. The van der Waals surface area contributed by atoms with E-state index in [-0.39, 0.29) is 5.82 Å². The van der Waals surface area contributed by atoms with E-state index >= 15 is 0 Å². The van der Waals surface area contributed by atoms with Gasteiger partial charge in [0.25, 0.3) is 0 Å². The molecule has 1 saturated heterocycles. The summed E-state index contributed by atoms with van der Waals surface area (Å²) < 4.78 is 13.4. The highest BCUT2D eigenvalue weighted by Crippen LogP contribution is 2.27. The first kappa shape index (κ1) is 15.2. The van der Waals surface area contributed by atoms with Crippen molar-refractivity contribution < 1.29 is 4.39 Å². The van der Waals surface area contributed by atoms with E-state index in [4.69, 9.17) is 0 Å². The highest BCUT2D eigenvalue weighted by Gasteiger charge is 2.21. The van der Waals surface area contributed by atoms with Crippen LogP contribution in [0.4, 0.5) is 10.2 Å².